The van der Waals surface area contributed by atoms with Crippen molar-refractivity contribution in [2.75, 3.05) is 13.3 Å². The topological polar surface area (TPSA) is 76.7 Å². The van der Waals surface area contributed by atoms with Crippen LogP contribution in [0.5, 0.6) is 11.5 Å². The van der Waals surface area contributed by atoms with E-state index in [2.05, 4.69) is 10.6 Å². The van der Waals surface area contributed by atoms with Crippen LogP contribution in [0.3, 0.4) is 0 Å². The van der Waals surface area contributed by atoms with E-state index in [9.17, 15) is 9.59 Å². The van der Waals surface area contributed by atoms with E-state index in [-0.39, 0.29) is 31.2 Å². The molecule has 6 nitrogen and oxygen atoms in total. The Kier molecular flexibility index (Phi) is 5.03. The highest BCUT2D eigenvalue weighted by Gasteiger charge is 2.16. The molecule has 1 aliphatic heterocycles. The number of carbonyl (C=O) groups excluding carboxylic acids is 2. The molecule has 2 rings (SSSR count). The number of hydrogen-bond donors (Lipinski definition) is 2. The molecule has 0 fully saturated rings. The van der Waals surface area contributed by atoms with Gasteiger partial charge in [0.15, 0.2) is 11.5 Å². The molecule has 0 aromatic heterocycles. The zero-order valence-corrected chi connectivity index (χ0v) is 12.3. The second-order valence-corrected chi connectivity index (χ2v) is 4.83. The lowest BCUT2D eigenvalue weighted by atomic mass is 10.1. The summed E-state index contributed by atoms with van der Waals surface area (Å²) in [5, 5.41) is 5.46. The number of rotatable bonds is 6. The monoisotopic (exact) mass is 292 g/mol. The molecule has 0 saturated carbocycles. The van der Waals surface area contributed by atoms with Gasteiger partial charge < -0.3 is 20.1 Å². The highest BCUT2D eigenvalue weighted by Crippen LogP contribution is 2.32. The molecule has 114 valence electrons. The average Bonchev–Trinajstić information content (AvgIpc) is 2.97. The standard InChI is InChI=1S/C15H20N2O4/c1-3-11(4-2)17-14(18)8-16-15(19)10-5-6-12-13(7-10)21-9-20-12/h5-7,11H,3-4,8-9H2,1-2H3,(H,16,19)(H,17,18). The van der Waals surface area contributed by atoms with Crippen molar-refractivity contribution in [2.24, 2.45) is 0 Å². The molecule has 21 heavy (non-hydrogen) atoms. The van der Waals surface area contributed by atoms with E-state index >= 15 is 0 Å². The maximum Gasteiger partial charge on any atom is 0.251 e. The molecule has 0 radical (unpaired) electrons. The Hall–Kier alpha value is -2.24. The predicted octanol–water partition coefficient (Wildman–Crippen LogP) is 1.45. The highest BCUT2D eigenvalue weighted by molar-refractivity contribution is 5.97. The first-order chi connectivity index (χ1) is 10.1. The second-order valence-electron chi connectivity index (χ2n) is 4.83. The summed E-state index contributed by atoms with van der Waals surface area (Å²) < 4.78 is 10.4. The minimum absolute atomic E-state index is 0.0379. The summed E-state index contributed by atoms with van der Waals surface area (Å²) in [4.78, 5) is 23.7. The molecule has 1 aromatic carbocycles. The number of hydrogen-bond acceptors (Lipinski definition) is 4. The van der Waals surface area contributed by atoms with Gasteiger partial charge in [-0.1, -0.05) is 13.8 Å². The van der Waals surface area contributed by atoms with Crippen LogP contribution in [0.1, 0.15) is 37.0 Å². The van der Waals surface area contributed by atoms with Crippen molar-refractivity contribution in [1.29, 1.82) is 0 Å². The van der Waals surface area contributed by atoms with Gasteiger partial charge in [-0.15, -0.1) is 0 Å². The van der Waals surface area contributed by atoms with Crippen LogP contribution in [0.4, 0.5) is 0 Å². The minimum Gasteiger partial charge on any atom is -0.454 e. The van der Waals surface area contributed by atoms with Gasteiger partial charge in [0.05, 0.1) is 6.54 Å². The van der Waals surface area contributed by atoms with Crippen LogP contribution < -0.4 is 20.1 Å². The Morgan fingerprint density at radius 3 is 2.62 bits per heavy atom. The molecule has 0 aliphatic carbocycles. The van der Waals surface area contributed by atoms with E-state index in [4.69, 9.17) is 9.47 Å². The van der Waals surface area contributed by atoms with Gasteiger partial charge in [0, 0.05) is 11.6 Å². The number of carbonyl (C=O) groups is 2. The summed E-state index contributed by atoms with van der Waals surface area (Å²) in [5.74, 6) is 0.674. The van der Waals surface area contributed by atoms with Crippen LogP contribution in [0.2, 0.25) is 0 Å². The summed E-state index contributed by atoms with van der Waals surface area (Å²) in [7, 11) is 0. The van der Waals surface area contributed by atoms with E-state index < -0.39 is 0 Å². The summed E-state index contributed by atoms with van der Waals surface area (Å²) in [6.45, 7) is 4.15. The molecule has 6 heteroatoms. The SMILES string of the molecule is CCC(CC)NC(=O)CNC(=O)c1ccc2c(c1)OCO2. The molecule has 0 bridgehead atoms. The number of benzene rings is 1. The van der Waals surface area contributed by atoms with Gasteiger partial charge in [0.1, 0.15) is 0 Å². The van der Waals surface area contributed by atoms with Gasteiger partial charge >= 0.3 is 0 Å². The van der Waals surface area contributed by atoms with Crippen molar-refractivity contribution in [3.63, 3.8) is 0 Å². The van der Waals surface area contributed by atoms with E-state index in [1.165, 1.54) is 0 Å². The Bertz CT molecular complexity index is 526. The zero-order chi connectivity index (χ0) is 15.2. The first kappa shape index (κ1) is 15.2. The third kappa shape index (κ3) is 3.87. The van der Waals surface area contributed by atoms with Gasteiger partial charge in [-0.2, -0.15) is 0 Å². The molecular weight excluding hydrogens is 272 g/mol. The minimum atomic E-state index is -0.312. The van der Waals surface area contributed by atoms with Crippen LogP contribution in [0, 0.1) is 0 Å². The van der Waals surface area contributed by atoms with Gasteiger partial charge in [0.25, 0.3) is 5.91 Å². The second kappa shape index (κ2) is 6.97. The van der Waals surface area contributed by atoms with Crippen molar-refractivity contribution in [3.05, 3.63) is 23.8 Å². The third-order valence-electron chi connectivity index (χ3n) is 3.39. The molecule has 2 amide bonds. The lowest BCUT2D eigenvalue weighted by Crippen LogP contribution is -2.41. The van der Waals surface area contributed by atoms with Crippen molar-refractivity contribution in [1.82, 2.24) is 10.6 Å². The van der Waals surface area contributed by atoms with Crippen molar-refractivity contribution in [2.45, 2.75) is 32.7 Å². The van der Waals surface area contributed by atoms with Crippen LogP contribution in [-0.4, -0.2) is 31.2 Å². The number of fused-ring (bicyclic) bond motifs is 1. The molecule has 1 heterocycles. The fourth-order valence-electron chi connectivity index (χ4n) is 2.07. The summed E-state index contributed by atoms with van der Waals surface area (Å²) >= 11 is 0. The van der Waals surface area contributed by atoms with E-state index in [1.54, 1.807) is 18.2 Å². The number of amides is 2. The van der Waals surface area contributed by atoms with Crippen molar-refractivity contribution in [3.8, 4) is 11.5 Å². The molecule has 2 N–H and O–H groups in total. The van der Waals surface area contributed by atoms with Crippen LogP contribution in [0.25, 0.3) is 0 Å². The largest absolute Gasteiger partial charge is 0.454 e. The highest BCUT2D eigenvalue weighted by atomic mass is 16.7. The first-order valence-corrected chi connectivity index (χ1v) is 7.11. The van der Waals surface area contributed by atoms with Crippen LogP contribution in [0.15, 0.2) is 18.2 Å². The van der Waals surface area contributed by atoms with E-state index in [0.29, 0.717) is 17.1 Å². The molecule has 0 atom stereocenters. The fourth-order valence-corrected chi connectivity index (χ4v) is 2.07. The van der Waals surface area contributed by atoms with Crippen molar-refractivity contribution >= 4 is 11.8 Å². The number of ether oxygens (including phenoxy) is 2. The van der Waals surface area contributed by atoms with Gasteiger partial charge in [0.2, 0.25) is 12.7 Å². The molecule has 0 spiro atoms. The van der Waals surface area contributed by atoms with Crippen LogP contribution >= 0.6 is 0 Å². The van der Waals surface area contributed by atoms with Gasteiger partial charge in [-0.05, 0) is 31.0 Å². The summed E-state index contributed by atoms with van der Waals surface area (Å²) in [6, 6.07) is 5.08. The summed E-state index contributed by atoms with van der Waals surface area (Å²) in [6.07, 6.45) is 1.75. The maximum absolute atomic E-state index is 12.0. The molecule has 0 saturated heterocycles. The van der Waals surface area contributed by atoms with Crippen LogP contribution in [-0.2, 0) is 4.79 Å². The molecule has 0 unspecified atom stereocenters. The number of nitrogens with one attached hydrogen (secondary N) is 2. The smallest absolute Gasteiger partial charge is 0.251 e. The Balaban J connectivity index is 1.86. The maximum atomic E-state index is 12.0. The Labute approximate surface area is 123 Å². The third-order valence-corrected chi connectivity index (χ3v) is 3.39. The van der Waals surface area contributed by atoms with Crippen molar-refractivity contribution < 1.29 is 19.1 Å². The molecule has 1 aromatic rings. The van der Waals surface area contributed by atoms with Gasteiger partial charge in [-0.3, -0.25) is 9.59 Å². The van der Waals surface area contributed by atoms with E-state index in [0.717, 1.165) is 12.8 Å². The normalized spacial score (nSPS) is 12.3. The summed E-state index contributed by atoms with van der Waals surface area (Å²) in [5.41, 5.74) is 0.439. The first-order valence-electron chi connectivity index (χ1n) is 7.11. The Morgan fingerprint density at radius 2 is 1.90 bits per heavy atom. The lowest BCUT2D eigenvalue weighted by molar-refractivity contribution is -0.120. The van der Waals surface area contributed by atoms with E-state index in [1.807, 2.05) is 13.8 Å². The zero-order valence-electron chi connectivity index (χ0n) is 12.3. The average molecular weight is 292 g/mol. The molecule has 1 aliphatic rings. The predicted molar refractivity (Wildman–Crippen MR) is 77.4 cm³/mol. The lowest BCUT2D eigenvalue weighted by Gasteiger charge is -2.14. The van der Waals surface area contributed by atoms with Gasteiger partial charge in [-0.25, -0.2) is 0 Å². The fraction of sp³-hybridized carbons (Fsp3) is 0.467. The quantitative estimate of drug-likeness (QED) is 0.832. The Morgan fingerprint density at radius 1 is 1.19 bits per heavy atom. The molecular formula is C15H20N2O4.